The molecule has 176 valence electrons. The van der Waals surface area contributed by atoms with E-state index in [2.05, 4.69) is 20.4 Å². The van der Waals surface area contributed by atoms with Gasteiger partial charge in [0.2, 0.25) is 0 Å². The van der Waals surface area contributed by atoms with Crippen LogP contribution in [0.15, 0.2) is 47.5 Å². The molecule has 7 nitrogen and oxygen atoms in total. The Labute approximate surface area is 203 Å². The number of aliphatic hydroxyl groups is 1. The summed E-state index contributed by atoms with van der Waals surface area (Å²) < 4.78 is 40.2. The summed E-state index contributed by atoms with van der Waals surface area (Å²) in [6.07, 6.45) is 0.00326. The van der Waals surface area contributed by atoms with Gasteiger partial charge in [0.05, 0.1) is 25.9 Å². The van der Waals surface area contributed by atoms with Crippen molar-refractivity contribution in [2.45, 2.75) is 32.6 Å². The summed E-state index contributed by atoms with van der Waals surface area (Å²) >= 11 is 0. The molecule has 1 heterocycles. The second-order valence-corrected chi connectivity index (χ2v) is 6.87. The first-order chi connectivity index (χ1) is 15.0. The van der Waals surface area contributed by atoms with Crippen molar-refractivity contribution in [3.8, 4) is 17.2 Å². The molecule has 2 aromatic carbocycles. The number of aliphatic hydroxyl groups excluding tert-OH is 1. The van der Waals surface area contributed by atoms with Crippen molar-refractivity contribution in [1.29, 1.82) is 0 Å². The van der Waals surface area contributed by atoms with Gasteiger partial charge in [-0.25, -0.2) is 4.99 Å². The molecule has 0 spiro atoms. The van der Waals surface area contributed by atoms with E-state index in [0.29, 0.717) is 37.8 Å². The lowest BCUT2D eigenvalue weighted by atomic mass is 10.1. The number of aliphatic imine (C=N–C) groups is 1. The number of benzene rings is 2. The first-order valence-corrected chi connectivity index (χ1v) is 10.2. The van der Waals surface area contributed by atoms with E-state index in [1.54, 1.807) is 12.1 Å². The summed E-state index contributed by atoms with van der Waals surface area (Å²) in [7, 11) is 0. The Balaban J connectivity index is 0.00000363. The molecule has 32 heavy (non-hydrogen) atoms. The largest absolute Gasteiger partial charge is 0.490 e. The molecular formula is C22H28F2IN3O4. The van der Waals surface area contributed by atoms with Gasteiger partial charge in [0.15, 0.2) is 17.5 Å². The number of alkyl halides is 2. The van der Waals surface area contributed by atoms with Crippen molar-refractivity contribution in [2.24, 2.45) is 4.99 Å². The van der Waals surface area contributed by atoms with Gasteiger partial charge in [-0.1, -0.05) is 18.2 Å². The van der Waals surface area contributed by atoms with Crippen LogP contribution in [0.2, 0.25) is 0 Å². The van der Waals surface area contributed by atoms with Crippen LogP contribution in [0.5, 0.6) is 17.2 Å². The molecule has 0 aliphatic carbocycles. The van der Waals surface area contributed by atoms with E-state index in [1.165, 1.54) is 12.1 Å². The van der Waals surface area contributed by atoms with Gasteiger partial charge in [-0.15, -0.1) is 24.0 Å². The van der Waals surface area contributed by atoms with Crippen molar-refractivity contribution >= 4 is 29.9 Å². The van der Waals surface area contributed by atoms with Crippen LogP contribution in [-0.2, 0) is 6.54 Å². The third kappa shape index (κ3) is 7.97. The maximum atomic E-state index is 12.2. The fourth-order valence-corrected chi connectivity index (χ4v) is 3.00. The van der Waals surface area contributed by atoms with Gasteiger partial charge >= 0.3 is 6.61 Å². The van der Waals surface area contributed by atoms with Crippen LogP contribution in [0.1, 0.15) is 30.6 Å². The lowest BCUT2D eigenvalue weighted by Crippen LogP contribution is -2.39. The predicted molar refractivity (Wildman–Crippen MR) is 128 cm³/mol. The van der Waals surface area contributed by atoms with Crippen molar-refractivity contribution in [2.75, 3.05) is 26.3 Å². The smallest absolute Gasteiger partial charge is 0.387 e. The number of rotatable bonds is 8. The Morgan fingerprint density at radius 3 is 2.50 bits per heavy atom. The number of hydrogen-bond donors (Lipinski definition) is 3. The highest BCUT2D eigenvalue weighted by molar-refractivity contribution is 14.0. The molecule has 0 fully saturated rings. The summed E-state index contributed by atoms with van der Waals surface area (Å²) in [6, 6.07) is 11.6. The molecule has 0 bridgehead atoms. The van der Waals surface area contributed by atoms with E-state index in [-0.39, 0.29) is 36.3 Å². The Morgan fingerprint density at radius 1 is 1.09 bits per heavy atom. The van der Waals surface area contributed by atoms with Gasteiger partial charge in [0.1, 0.15) is 5.75 Å². The molecule has 1 aliphatic heterocycles. The van der Waals surface area contributed by atoms with E-state index in [1.807, 2.05) is 25.1 Å². The fraction of sp³-hybridized carbons (Fsp3) is 0.409. The minimum Gasteiger partial charge on any atom is -0.490 e. The third-order valence-electron chi connectivity index (χ3n) is 4.53. The maximum absolute atomic E-state index is 12.2. The summed E-state index contributed by atoms with van der Waals surface area (Å²) in [5, 5.41) is 16.6. The number of fused-ring (bicyclic) bond motifs is 1. The van der Waals surface area contributed by atoms with Crippen molar-refractivity contribution < 1.29 is 28.1 Å². The first-order valence-electron chi connectivity index (χ1n) is 10.2. The highest BCUT2D eigenvalue weighted by atomic mass is 127. The minimum atomic E-state index is -2.88. The molecule has 0 aromatic heterocycles. The SMILES string of the molecule is CCNC(=NCc1ccc2c(c1)OCCCO2)NCC(O)c1ccc(OC(F)F)cc1.I. The molecule has 0 saturated carbocycles. The standard InChI is InChI=1S/C22H27F2N3O4.HI/c1-2-25-22(26-13-15-4-9-19-20(12-15)30-11-3-10-29-19)27-14-18(28)16-5-7-17(8-6-16)31-21(23)24;/h4-9,12,18,21,28H,2-3,10-11,13-14H2,1H3,(H2,25,26,27);1H. The molecule has 1 aliphatic rings. The lowest BCUT2D eigenvalue weighted by molar-refractivity contribution is -0.0498. The van der Waals surface area contributed by atoms with Gasteiger partial charge in [-0.3, -0.25) is 0 Å². The maximum Gasteiger partial charge on any atom is 0.387 e. The number of guanidine groups is 1. The summed E-state index contributed by atoms with van der Waals surface area (Å²) in [6.45, 7) is 1.60. The van der Waals surface area contributed by atoms with E-state index < -0.39 is 12.7 Å². The Hall–Kier alpha value is -2.34. The zero-order chi connectivity index (χ0) is 22.1. The Morgan fingerprint density at radius 2 is 1.81 bits per heavy atom. The van der Waals surface area contributed by atoms with Crippen molar-refractivity contribution in [1.82, 2.24) is 10.6 Å². The molecule has 1 unspecified atom stereocenters. The number of nitrogens with zero attached hydrogens (tertiary/aromatic N) is 1. The van der Waals surface area contributed by atoms with Crippen LogP contribution >= 0.6 is 24.0 Å². The van der Waals surface area contributed by atoms with Gasteiger partial charge in [-0.2, -0.15) is 8.78 Å². The molecule has 0 amide bonds. The van der Waals surface area contributed by atoms with Gasteiger partial charge in [0.25, 0.3) is 0 Å². The van der Waals surface area contributed by atoms with Crippen molar-refractivity contribution in [3.63, 3.8) is 0 Å². The van der Waals surface area contributed by atoms with E-state index in [9.17, 15) is 13.9 Å². The Kier molecular flexibility index (Phi) is 10.7. The molecule has 3 rings (SSSR count). The van der Waals surface area contributed by atoms with Crippen LogP contribution in [0.25, 0.3) is 0 Å². The molecule has 2 aromatic rings. The van der Waals surface area contributed by atoms with Crippen LogP contribution in [0, 0.1) is 0 Å². The number of hydrogen-bond acceptors (Lipinski definition) is 5. The average Bonchev–Trinajstić information content (AvgIpc) is 3.00. The van der Waals surface area contributed by atoms with Crippen LogP contribution < -0.4 is 24.8 Å². The number of ether oxygens (including phenoxy) is 3. The van der Waals surface area contributed by atoms with Crippen LogP contribution in [-0.4, -0.2) is 44.0 Å². The normalized spacial score (nSPS) is 14.2. The monoisotopic (exact) mass is 563 g/mol. The summed E-state index contributed by atoms with van der Waals surface area (Å²) in [5.74, 6) is 2.05. The fourth-order valence-electron chi connectivity index (χ4n) is 3.00. The second kappa shape index (κ2) is 13.3. The number of halogens is 3. The van der Waals surface area contributed by atoms with Gasteiger partial charge in [0, 0.05) is 19.5 Å². The Bertz CT molecular complexity index is 869. The van der Waals surface area contributed by atoms with Crippen molar-refractivity contribution in [3.05, 3.63) is 53.6 Å². The highest BCUT2D eigenvalue weighted by Crippen LogP contribution is 2.30. The minimum absolute atomic E-state index is 0. The quantitative estimate of drug-likeness (QED) is 0.257. The topological polar surface area (TPSA) is 84.3 Å². The molecule has 0 saturated heterocycles. The second-order valence-electron chi connectivity index (χ2n) is 6.87. The van der Waals surface area contributed by atoms with E-state index >= 15 is 0 Å². The van der Waals surface area contributed by atoms with E-state index in [4.69, 9.17) is 9.47 Å². The highest BCUT2D eigenvalue weighted by Gasteiger charge is 2.12. The van der Waals surface area contributed by atoms with Crippen LogP contribution in [0.3, 0.4) is 0 Å². The van der Waals surface area contributed by atoms with Crippen LogP contribution in [0.4, 0.5) is 8.78 Å². The molecule has 1 atom stereocenters. The summed E-state index contributed by atoms with van der Waals surface area (Å²) in [5.41, 5.74) is 1.55. The molecule has 0 radical (unpaired) electrons. The lowest BCUT2D eigenvalue weighted by Gasteiger charge is -2.16. The van der Waals surface area contributed by atoms with E-state index in [0.717, 1.165) is 23.5 Å². The number of nitrogens with one attached hydrogen (secondary N) is 2. The molecular weight excluding hydrogens is 535 g/mol. The zero-order valence-electron chi connectivity index (χ0n) is 17.7. The summed E-state index contributed by atoms with van der Waals surface area (Å²) in [4.78, 5) is 4.55. The third-order valence-corrected chi connectivity index (χ3v) is 4.53. The molecule has 10 heteroatoms. The first kappa shape index (κ1) is 25.9. The van der Waals surface area contributed by atoms with Gasteiger partial charge in [-0.05, 0) is 42.3 Å². The predicted octanol–water partition coefficient (Wildman–Crippen LogP) is 3.86. The molecule has 3 N–H and O–H groups in total. The van der Waals surface area contributed by atoms with Gasteiger partial charge < -0.3 is 30.0 Å². The zero-order valence-corrected chi connectivity index (χ0v) is 20.1. The average molecular weight is 563 g/mol.